The molecule has 0 saturated carbocycles. The standard InChI is InChI=1S/C15H18N2O2S/c1-4-19-15(18)13-12(8-10(2)3)20-14(17-13)11-6-5-7-16-9-11/h5-7,9-10H,4,8H2,1-3H3. The van der Waals surface area contributed by atoms with Gasteiger partial charge in [0.15, 0.2) is 5.69 Å². The lowest BCUT2D eigenvalue weighted by Crippen LogP contribution is -2.08. The molecule has 0 fully saturated rings. The van der Waals surface area contributed by atoms with E-state index >= 15 is 0 Å². The molecular weight excluding hydrogens is 272 g/mol. The molecule has 0 saturated heterocycles. The van der Waals surface area contributed by atoms with E-state index in [9.17, 15) is 4.79 Å². The summed E-state index contributed by atoms with van der Waals surface area (Å²) in [5.41, 5.74) is 1.38. The van der Waals surface area contributed by atoms with Gasteiger partial charge in [-0.15, -0.1) is 11.3 Å². The molecule has 0 aliphatic heterocycles. The number of hydrogen-bond donors (Lipinski definition) is 0. The Balaban J connectivity index is 2.39. The van der Waals surface area contributed by atoms with Gasteiger partial charge in [0, 0.05) is 22.8 Å². The van der Waals surface area contributed by atoms with E-state index in [1.165, 1.54) is 0 Å². The van der Waals surface area contributed by atoms with Gasteiger partial charge in [-0.25, -0.2) is 9.78 Å². The molecule has 0 spiro atoms. The van der Waals surface area contributed by atoms with E-state index in [0.29, 0.717) is 18.2 Å². The molecule has 0 aliphatic carbocycles. The predicted octanol–water partition coefficient (Wildman–Crippen LogP) is 3.58. The zero-order valence-electron chi connectivity index (χ0n) is 11.9. The van der Waals surface area contributed by atoms with Gasteiger partial charge in [-0.3, -0.25) is 4.98 Å². The lowest BCUT2D eigenvalue weighted by atomic mass is 10.1. The normalized spacial score (nSPS) is 10.8. The SMILES string of the molecule is CCOC(=O)c1nc(-c2cccnc2)sc1CC(C)C. The van der Waals surface area contributed by atoms with Crippen LogP contribution < -0.4 is 0 Å². The third-order valence-corrected chi connectivity index (χ3v) is 3.80. The average Bonchev–Trinajstić information content (AvgIpc) is 2.83. The Hall–Kier alpha value is -1.75. The molecule has 0 aromatic carbocycles. The van der Waals surface area contributed by atoms with Gasteiger partial charge >= 0.3 is 5.97 Å². The summed E-state index contributed by atoms with van der Waals surface area (Å²) in [7, 11) is 0. The largest absolute Gasteiger partial charge is 0.461 e. The first-order valence-corrected chi connectivity index (χ1v) is 7.50. The van der Waals surface area contributed by atoms with Crippen LogP contribution in [0.3, 0.4) is 0 Å². The van der Waals surface area contributed by atoms with E-state index < -0.39 is 0 Å². The minimum absolute atomic E-state index is 0.338. The molecule has 0 amide bonds. The summed E-state index contributed by atoms with van der Waals surface area (Å²) in [5.74, 6) is 0.125. The van der Waals surface area contributed by atoms with Gasteiger partial charge in [-0.05, 0) is 31.4 Å². The van der Waals surface area contributed by atoms with Crippen LogP contribution in [0.15, 0.2) is 24.5 Å². The summed E-state index contributed by atoms with van der Waals surface area (Å²) < 4.78 is 5.09. The van der Waals surface area contributed by atoms with Gasteiger partial charge in [-0.2, -0.15) is 0 Å². The highest BCUT2D eigenvalue weighted by Gasteiger charge is 2.20. The molecule has 2 rings (SSSR count). The maximum Gasteiger partial charge on any atom is 0.358 e. The second kappa shape index (κ2) is 6.61. The van der Waals surface area contributed by atoms with Gasteiger partial charge in [-0.1, -0.05) is 13.8 Å². The Kier molecular flexibility index (Phi) is 4.84. The Morgan fingerprint density at radius 2 is 2.25 bits per heavy atom. The van der Waals surface area contributed by atoms with E-state index in [2.05, 4.69) is 23.8 Å². The van der Waals surface area contributed by atoms with Gasteiger partial charge in [0.2, 0.25) is 0 Å². The lowest BCUT2D eigenvalue weighted by molar-refractivity contribution is 0.0519. The third-order valence-electron chi connectivity index (χ3n) is 2.67. The predicted molar refractivity (Wildman–Crippen MR) is 79.8 cm³/mol. The number of aromatic nitrogens is 2. The summed E-state index contributed by atoms with van der Waals surface area (Å²) >= 11 is 1.54. The summed E-state index contributed by atoms with van der Waals surface area (Å²) in [6, 6.07) is 3.81. The van der Waals surface area contributed by atoms with Crippen molar-refractivity contribution < 1.29 is 9.53 Å². The van der Waals surface area contributed by atoms with E-state index in [-0.39, 0.29) is 5.97 Å². The van der Waals surface area contributed by atoms with E-state index in [0.717, 1.165) is 21.9 Å². The average molecular weight is 290 g/mol. The number of ether oxygens (including phenoxy) is 1. The lowest BCUT2D eigenvalue weighted by Gasteiger charge is -2.04. The summed E-state index contributed by atoms with van der Waals surface area (Å²) in [4.78, 5) is 21.5. The first-order valence-electron chi connectivity index (χ1n) is 6.69. The molecule has 106 valence electrons. The van der Waals surface area contributed by atoms with Crippen molar-refractivity contribution in [1.82, 2.24) is 9.97 Å². The molecule has 0 atom stereocenters. The van der Waals surface area contributed by atoms with Crippen LogP contribution in [0.5, 0.6) is 0 Å². The fourth-order valence-corrected chi connectivity index (χ4v) is 3.08. The Morgan fingerprint density at radius 3 is 2.85 bits per heavy atom. The highest BCUT2D eigenvalue weighted by molar-refractivity contribution is 7.15. The summed E-state index contributed by atoms with van der Waals surface area (Å²) in [6.07, 6.45) is 4.30. The van der Waals surface area contributed by atoms with Crippen molar-refractivity contribution in [2.75, 3.05) is 6.61 Å². The number of pyridine rings is 1. The molecule has 4 nitrogen and oxygen atoms in total. The van der Waals surface area contributed by atoms with Crippen molar-refractivity contribution in [2.24, 2.45) is 5.92 Å². The third kappa shape index (κ3) is 3.42. The van der Waals surface area contributed by atoms with Crippen LogP contribution in [-0.4, -0.2) is 22.5 Å². The molecule has 2 aromatic heterocycles. The molecule has 0 unspecified atom stereocenters. The van der Waals surface area contributed by atoms with Crippen molar-refractivity contribution in [3.05, 3.63) is 35.1 Å². The number of thiazole rings is 1. The van der Waals surface area contributed by atoms with Crippen LogP contribution in [0.4, 0.5) is 0 Å². The van der Waals surface area contributed by atoms with E-state index in [1.54, 1.807) is 30.7 Å². The highest BCUT2D eigenvalue weighted by Crippen LogP contribution is 2.29. The maximum absolute atomic E-state index is 12.0. The Bertz CT molecular complexity index is 579. The van der Waals surface area contributed by atoms with Crippen LogP contribution >= 0.6 is 11.3 Å². The number of esters is 1. The van der Waals surface area contributed by atoms with Gasteiger partial charge in [0.25, 0.3) is 0 Å². The number of hydrogen-bond acceptors (Lipinski definition) is 5. The topological polar surface area (TPSA) is 52.1 Å². The molecule has 0 aliphatic rings. The van der Waals surface area contributed by atoms with Crippen molar-refractivity contribution in [1.29, 1.82) is 0 Å². The molecule has 20 heavy (non-hydrogen) atoms. The van der Waals surface area contributed by atoms with Crippen LogP contribution in [0, 0.1) is 5.92 Å². The molecule has 0 bridgehead atoms. The fraction of sp³-hybridized carbons (Fsp3) is 0.400. The minimum atomic E-state index is -0.338. The quantitative estimate of drug-likeness (QED) is 0.790. The smallest absolute Gasteiger partial charge is 0.358 e. The molecule has 5 heteroatoms. The van der Waals surface area contributed by atoms with Crippen LogP contribution in [0.2, 0.25) is 0 Å². The maximum atomic E-state index is 12.0. The molecule has 2 heterocycles. The second-order valence-corrected chi connectivity index (χ2v) is 5.93. The number of nitrogens with zero attached hydrogens (tertiary/aromatic N) is 2. The molecular formula is C15H18N2O2S. The zero-order chi connectivity index (χ0) is 14.5. The monoisotopic (exact) mass is 290 g/mol. The van der Waals surface area contributed by atoms with E-state index in [1.807, 2.05) is 12.1 Å². The van der Waals surface area contributed by atoms with Crippen LogP contribution in [0.25, 0.3) is 10.6 Å². The summed E-state index contributed by atoms with van der Waals surface area (Å²) in [6.45, 7) is 6.41. The summed E-state index contributed by atoms with van der Waals surface area (Å²) in [5, 5.41) is 0.816. The van der Waals surface area contributed by atoms with Crippen molar-refractivity contribution in [3.8, 4) is 10.6 Å². The molecule has 0 N–H and O–H groups in total. The molecule has 2 aromatic rings. The van der Waals surface area contributed by atoms with Crippen molar-refractivity contribution in [2.45, 2.75) is 27.2 Å². The molecule has 0 radical (unpaired) electrons. The Labute approximate surface area is 122 Å². The fourth-order valence-electron chi connectivity index (χ4n) is 1.83. The van der Waals surface area contributed by atoms with E-state index in [4.69, 9.17) is 4.74 Å². The van der Waals surface area contributed by atoms with Crippen molar-refractivity contribution in [3.63, 3.8) is 0 Å². The van der Waals surface area contributed by atoms with Crippen molar-refractivity contribution >= 4 is 17.3 Å². The minimum Gasteiger partial charge on any atom is -0.461 e. The highest BCUT2D eigenvalue weighted by atomic mass is 32.1. The van der Waals surface area contributed by atoms with Gasteiger partial charge in [0.05, 0.1) is 6.61 Å². The first kappa shape index (κ1) is 14.7. The van der Waals surface area contributed by atoms with Gasteiger partial charge < -0.3 is 4.74 Å². The first-order chi connectivity index (χ1) is 9.61. The Morgan fingerprint density at radius 1 is 1.45 bits per heavy atom. The second-order valence-electron chi connectivity index (χ2n) is 4.85. The van der Waals surface area contributed by atoms with Crippen LogP contribution in [-0.2, 0) is 11.2 Å². The zero-order valence-corrected chi connectivity index (χ0v) is 12.7. The van der Waals surface area contributed by atoms with Gasteiger partial charge in [0.1, 0.15) is 5.01 Å². The van der Waals surface area contributed by atoms with Crippen LogP contribution in [0.1, 0.15) is 36.1 Å². The number of rotatable bonds is 5. The number of carbonyl (C=O) groups is 1. The number of carbonyl (C=O) groups excluding carboxylic acids is 1.